The van der Waals surface area contributed by atoms with Crippen molar-refractivity contribution in [1.82, 2.24) is 4.90 Å². The Morgan fingerprint density at radius 1 is 1.23 bits per heavy atom. The van der Waals surface area contributed by atoms with Crippen molar-refractivity contribution >= 4 is 33.1 Å². The van der Waals surface area contributed by atoms with Gasteiger partial charge in [-0.3, -0.25) is 4.99 Å². The van der Waals surface area contributed by atoms with Crippen molar-refractivity contribution < 1.29 is 8.42 Å². The zero-order valence-corrected chi connectivity index (χ0v) is 14.1. The van der Waals surface area contributed by atoms with Gasteiger partial charge in [0.25, 0.3) is 0 Å². The SMILES string of the molecule is CS(=O)(=O)CCN=C(N)N1CCN(c2ccc(Cl)cc2)CC1. The van der Waals surface area contributed by atoms with Gasteiger partial charge in [0, 0.05) is 43.1 Å². The summed E-state index contributed by atoms with van der Waals surface area (Å²) in [6.45, 7) is 3.41. The maximum atomic E-state index is 11.1. The molecule has 122 valence electrons. The molecule has 1 aromatic rings. The molecule has 0 aromatic heterocycles. The smallest absolute Gasteiger partial charge is 0.191 e. The minimum absolute atomic E-state index is 0.0262. The van der Waals surface area contributed by atoms with E-state index in [0.717, 1.165) is 36.9 Å². The molecule has 6 nitrogen and oxygen atoms in total. The van der Waals surface area contributed by atoms with Crippen molar-refractivity contribution in [2.45, 2.75) is 0 Å². The fourth-order valence-corrected chi connectivity index (χ4v) is 2.82. The average Bonchev–Trinajstić information content (AvgIpc) is 2.47. The third-order valence-electron chi connectivity index (χ3n) is 3.53. The molecule has 22 heavy (non-hydrogen) atoms. The molecule has 2 rings (SSSR count). The van der Waals surface area contributed by atoms with Crippen molar-refractivity contribution in [3.8, 4) is 0 Å². The van der Waals surface area contributed by atoms with Gasteiger partial charge in [-0.25, -0.2) is 8.42 Å². The number of anilines is 1. The summed E-state index contributed by atoms with van der Waals surface area (Å²) in [5.74, 6) is 0.442. The van der Waals surface area contributed by atoms with Crippen LogP contribution in [0, 0.1) is 0 Å². The average molecular weight is 345 g/mol. The van der Waals surface area contributed by atoms with E-state index in [0.29, 0.717) is 5.96 Å². The van der Waals surface area contributed by atoms with Gasteiger partial charge in [-0.05, 0) is 24.3 Å². The Kier molecular flexibility index (Phi) is 5.52. The Balaban J connectivity index is 1.86. The summed E-state index contributed by atoms with van der Waals surface area (Å²) < 4.78 is 22.1. The molecule has 0 spiro atoms. The van der Waals surface area contributed by atoms with Crippen LogP contribution in [0.5, 0.6) is 0 Å². The molecule has 8 heteroatoms. The van der Waals surface area contributed by atoms with E-state index >= 15 is 0 Å². The highest BCUT2D eigenvalue weighted by Gasteiger charge is 2.18. The van der Waals surface area contributed by atoms with Crippen molar-refractivity contribution in [3.05, 3.63) is 29.3 Å². The van der Waals surface area contributed by atoms with Crippen LogP contribution in [-0.2, 0) is 9.84 Å². The Morgan fingerprint density at radius 3 is 2.36 bits per heavy atom. The van der Waals surface area contributed by atoms with Gasteiger partial charge < -0.3 is 15.5 Å². The highest BCUT2D eigenvalue weighted by Crippen LogP contribution is 2.19. The topological polar surface area (TPSA) is 79.0 Å². The third kappa shape index (κ3) is 5.06. The van der Waals surface area contributed by atoms with Gasteiger partial charge in [-0.2, -0.15) is 0 Å². The molecular formula is C14H21ClN4O2S. The van der Waals surface area contributed by atoms with E-state index in [1.54, 1.807) is 0 Å². The van der Waals surface area contributed by atoms with Gasteiger partial charge in [0.05, 0.1) is 12.3 Å². The lowest BCUT2D eigenvalue weighted by Crippen LogP contribution is -2.51. The number of guanidine groups is 1. The molecule has 0 unspecified atom stereocenters. The first kappa shape index (κ1) is 16.9. The normalized spacial score (nSPS) is 16.9. The van der Waals surface area contributed by atoms with Crippen LogP contribution in [0.1, 0.15) is 0 Å². The minimum Gasteiger partial charge on any atom is -0.370 e. The molecule has 0 saturated carbocycles. The Bertz CT molecular complexity index is 623. The number of hydrogen-bond donors (Lipinski definition) is 1. The summed E-state index contributed by atoms with van der Waals surface area (Å²) in [7, 11) is -3.00. The monoisotopic (exact) mass is 344 g/mol. The maximum Gasteiger partial charge on any atom is 0.191 e. The van der Waals surface area contributed by atoms with Crippen molar-refractivity contribution in [1.29, 1.82) is 0 Å². The molecule has 1 heterocycles. The first-order chi connectivity index (χ1) is 10.3. The summed E-state index contributed by atoms with van der Waals surface area (Å²) in [4.78, 5) is 8.39. The fourth-order valence-electron chi connectivity index (χ4n) is 2.27. The highest BCUT2D eigenvalue weighted by atomic mass is 35.5. The summed E-state index contributed by atoms with van der Waals surface area (Å²) in [6.07, 6.45) is 1.20. The first-order valence-electron chi connectivity index (χ1n) is 7.08. The number of rotatable bonds is 4. The van der Waals surface area contributed by atoms with Crippen LogP contribution in [0.3, 0.4) is 0 Å². The summed E-state index contributed by atoms with van der Waals surface area (Å²) in [6, 6.07) is 7.76. The molecular weight excluding hydrogens is 324 g/mol. The summed E-state index contributed by atoms with van der Waals surface area (Å²) in [5, 5.41) is 0.727. The van der Waals surface area contributed by atoms with Crippen LogP contribution in [0.2, 0.25) is 5.02 Å². The number of halogens is 1. The number of nitrogens with zero attached hydrogens (tertiary/aromatic N) is 3. The number of aliphatic imine (C=N–C) groups is 1. The second kappa shape index (κ2) is 7.19. The molecule has 0 bridgehead atoms. The van der Waals surface area contributed by atoms with E-state index in [1.807, 2.05) is 29.2 Å². The molecule has 1 saturated heterocycles. The van der Waals surface area contributed by atoms with Crippen LogP contribution < -0.4 is 10.6 Å². The van der Waals surface area contributed by atoms with Crippen LogP contribution in [0.25, 0.3) is 0 Å². The summed E-state index contributed by atoms with van der Waals surface area (Å²) >= 11 is 5.89. The molecule has 1 aliphatic heterocycles. The molecule has 2 N–H and O–H groups in total. The molecule has 1 aliphatic rings. The number of piperazine rings is 1. The van der Waals surface area contributed by atoms with Crippen LogP contribution in [0.4, 0.5) is 5.69 Å². The van der Waals surface area contributed by atoms with E-state index in [1.165, 1.54) is 6.26 Å². The highest BCUT2D eigenvalue weighted by molar-refractivity contribution is 7.90. The van der Waals surface area contributed by atoms with Crippen molar-refractivity contribution in [2.24, 2.45) is 10.7 Å². The van der Waals surface area contributed by atoms with Gasteiger partial charge in [0.15, 0.2) is 5.96 Å². The van der Waals surface area contributed by atoms with E-state index in [2.05, 4.69) is 9.89 Å². The van der Waals surface area contributed by atoms with Gasteiger partial charge in [0.1, 0.15) is 9.84 Å². The molecule has 1 aromatic carbocycles. The minimum atomic E-state index is -3.00. The predicted molar refractivity (Wildman–Crippen MR) is 91.4 cm³/mol. The van der Waals surface area contributed by atoms with Gasteiger partial charge in [-0.1, -0.05) is 11.6 Å². The zero-order chi connectivity index (χ0) is 16.2. The second-order valence-corrected chi connectivity index (χ2v) is 8.02. The fraction of sp³-hybridized carbons (Fsp3) is 0.500. The second-order valence-electron chi connectivity index (χ2n) is 5.32. The maximum absolute atomic E-state index is 11.1. The third-order valence-corrected chi connectivity index (χ3v) is 4.71. The Morgan fingerprint density at radius 2 is 1.82 bits per heavy atom. The van der Waals surface area contributed by atoms with Crippen LogP contribution in [0.15, 0.2) is 29.3 Å². The molecule has 0 aliphatic carbocycles. The Labute approximate surface area is 136 Å². The Hall–Kier alpha value is -1.47. The van der Waals surface area contributed by atoms with Gasteiger partial charge >= 0.3 is 0 Å². The lowest BCUT2D eigenvalue weighted by atomic mass is 10.2. The van der Waals surface area contributed by atoms with E-state index in [-0.39, 0.29) is 12.3 Å². The number of nitrogens with two attached hydrogens (primary N) is 1. The summed E-state index contributed by atoms with van der Waals surface area (Å²) in [5.41, 5.74) is 7.06. The largest absolute Gasteiger partial charge is 0.370 e. The van der Waals surface area contributed by atoms with Crippen LogP contribution >= 0.6 is 11.6 Å². The lowest BCUT2D eigenvalue weighted by Gasteiger charge is -2.36. The predicted octanol–water partition coefficient (Wildman–Crippen LogP) is 0.821. The van der Waals surface area contributed by atoms with E-state index in [4.69, 9.17) is 17.3 Å². The van der Waals surface area contributed by atoms with Gasteiger partial charge in [0.2, 0.25) is 0 Å². The van der Waals surface area contributed by atoms with E-state index < -0.39 is 9.84 Å². The number of sulfone groups is 1. The molecule has 1 fully saturated rings. The molecule has 0 radical (unpaired) electrons. The molecule has 0 amide bonds. The van der Waals surface area contributed by atoms with E-state index in [9.17, 15) is 8.42 Å². The van der Waals surface area contributed by atoms with Gasteiger partial charge in [-0.15, -0.1) is 0 Å². The standard InChI is InChI=1S/C14H21ClN4O2S/c1-22(20,21)11-6-17-14(16)19-9-7-18(8-10-19)13-4-2-12(15)3-5-13/h2-5H,6-11H2,1H3,(H2,16,17). The van der Waals surface area contributed by atoms with Crippen molar-refractivity contribution in [3.63, 3.8) is 0 Å². The quantitative estimate of drug-likeness (QED) is 0.646. The van der Waals surface area contributed by atoms with Crippen molar-refractivity contribution in [2.75, 3.05) is 49.6 Å². The first-order valence-corrected chi connectivity index (χ1v) is 9.52. The van der Waals surface area contributed by atoms with Crippen LogP contribution in [-0.4, -0.2) is 64.0 Å². The lowest BCUT2D eigenvalue weighted by molar-refractivity contribution is 0.381. The zero-order valence-electron chi connectivity index (χ0n) is 12.6. The number of hydrogen-bond acceptors (Lipinski definition) is 4. The molecule has 0 atom stereocenters. The number of benzene rings is 1.